The second kappa shape index (κ2) is 28.3. The Balaban J connectivity index is 1.48. The quantitative estimate of drug-likeness (QED) is 0.0596. The van der Waals surface area contributed by atoms with Crippen LogP contribution in [0.15, 0.2) is 42.5 Å². The molecule has 2 aromatic carbocycles. The van der Waals surface area contributed by atoms with Gasteiger partial charge in [0.25, 0.3) is 5.91 Å². The van der Waals surface area contributed by atoms with Crippen molar-refractivity contribution < 1.29 is 62.4 Å². The highest BCUT2D eigenvalue weighted by atomic mass is 16.6. The summed E-state index contributed by atoms with van der Waals surface area (Å²) in [4.78, 5) is 109. The van der Waals surface area contributed by atoms with Crippen molar-refractivity contribution >= 4 is 58.5 Å². The molecule has 0 bridgehead atoms. The number of carbonyl (C=O) groups excluding carboxylic acids is 7. The number of carboxylic acids is 1. The van der Waals surface area contributed by atoms with Crippen molar-refractivity contribution in [3.63, 3.8) is 0 Å². The van der Waals surface area contributed by atoms with Gasteiger partial charge in [0.1, 0.15) is 42.1 Å². The van der Waals surface area contributed by atoms with Crippen molar-refractivity contribution in [3.05, 3.63) is 42.5 Å². The third kappa shape index (κ3) is 21.1. The van der Waals surface area contributed by atoms with Crippen LogP contribution in [0, 0.1) is 5.92 Å². The van der Waals surface area contributed by atoms with Crippen molar-refractivity contribution in [2.24, 2.45) is 5.92 Å². The molecular weight excluding hydrogens is 943 g/mol. The molecule has 2 aromatic rings. The highest BCUT2D eigenvalue weighted by molar-refractivity contribution is 5.96. The van der Waals surface area contributed by atoms with Gasteiger partial charge in [-0.25, -0.2) is 9.59 Å². The van der Waals surface area contributed by atoms with Crippen molar-refractivity contribution in [1.82, 2.24) is 36.8 Å². The first-order valence-electron chi connectivity index (χ1n) is 25.8. The van der Waals surface area contributed by atoms with Gasteiger partial charge in [-0.15, -0.1) is 0 Å². The first kappa shape index (κ1) is 59.4. The standard InChI is InChI=1S/C53H81N7O13/c1-33(2)44(58-46(64)40(23-15-16-28-54-50(68)73-53(7,8)9)56-42(61)32-70-39-25-24-35-18-13-14-19-36(35)30-39)48(66)57-41(26-27-43(62)63)47(65)59-45(34(3)72-52(4,5)6)49(67)60-29-17-22-38(60)31-71-51(69)55-37-20-11-10-12-21-37/h13-14,18-19,24-25,30,33-34,37-38,40-41,44-45H,10-12,15-17,20-23,26-29,31-32H2,1-9H3,(H,54,68)(H,55,69)(H,56,61)(H,57,66)(H,58,64)(H,59,65)(H,62,63)/t34-,38+,40+,41+,44+,45+/m1/s1. The minimum Gasteiger partial charge on any atom is -0.484 e. The van der Waals surface area contributed by atoms with Crippen molar-refractivity contribution in [2.45, 2.75) is 193 Å². The zero-order chi connectivity index (χ0) is 53.9. The molecule has 0 unspecified atom stereocenters. The zero-order valence-corrected chi connectivity index (χ0v) is 44.3. The number of benzene rings is 2. The molecular formula is C53H81N7O13. The number of carboxylic acid groups (broad SMARTS) is 1. The van der Waals surface area contributed by atoms with Crippen LogP contribution >= 0.6 is 0 Å². The lowest BCUT2D eigenvalue weighted by atomic mass is 9.96. The number of likely N-dealkylation sites (tertiary alicyclic amines) is 1. The van der Waals surface area contributed by atoms with Gasteiger partial charge in [-0.3, -0.25) is 28.8 Å². The number of rotatable bonds is 25. The highest BCUT2D eigenvalue weighted by Crippen LogP contribution is 2.24. The van der Waals surface area contributed by atoms with Crippen LogP contribution < -0.4 is 36.6 Å². The van der Waals surface area contributed by atoms with Crippen molar-refractivity contribution in [2.75, 3.05) is 26.3 Å². The van der Waals surface area contributed by atoms with Crippen LogP contribution in [0.2, 0.25) is 0 Å². The maximum Gasteiger partial charge on any atom is 0.407 e. The van der Waals surface area contributed by atoms with Gasteiger partial charge in [-0.1, -0.05) is 63.4 Å². The van der Waals surface area contributed by atoms with Gasteiger partial charge in [0, 0.05) is 25.6 Å². The summed E-state index contributed by atoms with van der Waals surface area (Å²) >= 11 is 0. The fourth-order valence-electron chi connectivity index (χ4n) is 8.84. The number of hydrogen-bond acceptors (Lipinski definition) is 12. The second-order valence-electron chi connectivity index (χ2n) is 21.4. The number of nitrogens with zero attached hydrogens (tertiary/aromatic N) is 1. The monoisotopic (exact) mass is 1020 g/mol. The van der Waals surface area contributed by atoms with Crippen molar-refractivity contribution in [3.8, 4) is 5.75 Å². The molecule has 0 aromatic heterocycles. The fourth-order valence-corrected chi connectivity index (χ4v) is 8.84. The topological polar surface area (TPSA) is 269 Å². The Hall–Kier alpha value is -6.18. The predicted octanol–water partition coefficient (Wildman–Crippen LogP) is 5.63. The molecule has 0 spiro atoms. The maximum absolute atomic E-state index is 14.5. The number of fused-ring (bicyclic) bond motifs is 1. The number of amides is 7. The summed E-state index contributed by atoms with van der Waals surface area (Å²) in [7, 11) is 0. The van der Waals surface area contributed by atoms with E-state index < -0.39 is 114 Å². The Morgan fingerprint density at radius 1 is 0.712 bits per heavy atom. The van der Waals surface area contributed by atoms with Gasteiger partial charge in [0.15, 0.2) is 6.61 Å². The van der Waals surface area contributed by atoms with Crippen molar-refractivity contribution in [1.29, 1.82) is 0 Å². The van der Waals surface area contributed by atoms with E-state index in [2.05, 4.69) is 31.9 Å². The van der Waals surface area contributed by atoms with Crippen LogP contribution in [0.25, 0.3) is 10.8 Å². The molecule has 20 heteroatoms. The Morgan fingerprint density at radius 2 is 1.37 bits per heavy atom. The molecule has 7 amide bonds. The summed E-state index contributed by atoms with van der Waals surface area (Å²) in [6.45, 7) is 15.6. The van der Waals surface area contributed by atoms with E-state index in [9.17, 15) is 43.5 Å². The summed E-state index contributed by atoms with van der Waals surface area (Å²) in [6.07, 6.45) is 3.99. The van der Waals surface area contributed by atoms with Crippen LogP contribution in [-0.2, 0) is 43.0 Å². The lowest BCUT2D eigenvalue weighted by Crippen LogP contribution is -2.61. The molecule has 4 rings (SSSR count). The molecule has 6 atom stereocenters. The average molecular weight is 1020 g/mol. The Kier molecular flexibility index (Phi) is 23.0. The molecule has 1 saturated carbocycles. The fraction of sp³-hybridized carbons (Fsp3) is 0.660. The summed E-state index contributed by atoms with van der Waals surface area (Å²) in [5.74, 6) is -4.89. The molecule has 1 saturated heterocycles. The number of carbonyl (C=O) groups is 8. The first-order valence-corrected chi connectivity index (χ1v) is 25.8. The van der Waals surface area contributed by atoms with Gasteiger partial charge in [-0.2, -0.15) is 0 Å². The third-order valence-electron chi connectivity index (χ3n) is 12.4. The number of hydrogen-bond donors (Lipinski definition) is 7. The number of ether oxygens (including phenoxy) is 4. The molecule has 1 heterocycles. The predicted molar refractivity (Wildman–Crippen MR) is 273 cm³/mol. The summed E-state index contributed by atoms with van der Waals surface area (Å²) in [5, 5.41) is 28.0. The molecule has 0 radical (unpaired) electrons. The average Bonchev–Trinajstić information content (AvgIpc) is 3.79. The van der Waals surface area contributed by atoms with Gasteiger partial charge >= 0.3 is 18.2 Å². The molecule has 7 N–H and O–H groups in total. The summed E-state index contributed by atoms with van der Waals surface area (Å²) in [5.41, 5.74) is -1.46. The number of unbranched alkanes of at least 4 members (excludes halogenated alkanes) is 1. The molecule has 1 aliphatic heterocycles. The van der Waals surface area contributed by atoms with E-state index in [0.717, 1.165) is 42.9 Å². The van der Waals surface area contributed by atoms with Gasteiger partial charge < -0.3 is 60.9 Å². The molecule has 1 aliphatic carbocycles. The van der Waals surface area contributed by atoms with Gasteiger partial charge in [-0.05, 0) is 129 Å². The summed E-state index contributed by atoms with van der Waals surface area (Å²) < 4.78 is 22.9. The first-order chi connectivity index (χ1) is 34.4. The molecule has 73 heavy (non-hydrogen) atoms. The minimum atomic E-state index is -1.49. The molecule has 406 valence electrons. The Labute approximate surface area is 429 Å². The third-order valence-corrected chi connectivity index (χ3v) is 12.4. The van der Waals surface area contributed by atoms with Crippen LogP contribution in [0.3, 0.4) is 0 Å². The zero-order valence-electron chi connectivity index (χ0n) is 44.3. The van der Waals surface area contributed by atoms with E-state index in [-0.39, 0.29) is 32.0 Å². The smallest absolute Gasteiger partial charge is 0.407 e. The van der Waals surface area contributed by atoms with E-state index in [1.165, 1.54) is 0 Å². The minimum absolute atomic E-state index is 0.0365. The van der Waals surface area contributed by atoms with E-state index in [0.29, 0.717) is 38.0 Å². The van der Waals surface area contributed by atoms with Crippen LogP contribution in [0.1, 0.15) is 139 Å². The Bertz CT molecular complexity index is 2190. The SMILES string of the molecule is CC(C)[C@H](NC(=O)[C@H](CCCCNC(=O)OC(C)(C)C)NC(=O)COc1ccc2ccccc2c1)C(=O)N[C@@H](CCC(=O)O)C(=O)N[C@H](C(=O)N1CCC[C@H]1COC(=O)NC1CCCCC1)[C@@H](C)OC(C)(C)C. The number of nitrogens with one attached hydrogen (secondary N) is 6. The maximum atomic E-state index is 14.5. The normalized spacial score (nSPS) is 17.3. The lowest BCUT2D eigenvalue weighted by molar-refractivity contribution is -0.147. The number of aliphatic carboxylic acids is 1. The molecule has 2 fully saturated rings. The van der Waals surface area contributed by atoms with Crippen LogP contribution in [0.4, 0.5) is 9.59 Å². The lowest BCUT2D eigenvalue weighted by Gasteiger charge is -2.35. The van der Waals surface area contributed by atoms with E-state index in [1.54, 1.807) is 79.3 Å². The summed E-state index contributed by atoms with van der Waals surface area (Å²) in [6, 6.07) is 7.34. The second-order valence-corrected chi connectivity index (χ2v) is 21.4. The van der Waals surface area contributed by atoms with Gasteiger partial charge in [0.05, 0.1) is 17.7 Å². The van der Waals surface area contributed by atoms with E-state index >= 15 is 0 Å². The van der Waals surface area contributed by atoms with Crippen LogP contribution in [0.5, 0.6) is 5.75 Å². The highest BCUT2D eigenvalue weighted by Gasteiger charge is 2.40. The van der Waals surface area contributed by atoms with E-state index in [4.69, 9.17) is 18.9 Å². The van der Waals surface area contributed by atoms with Crippen LogP contribution in [-0.4, -0.2) is 138 Å². The Morgan fingerprint density at radius 3 is 2.01 bits per heavy atom. The number of alkyl carbamates (subject to hydrolysis) is 2. The molecule has 20 nitrogen and oxygen atoms in total. The molecule has 2 aliphatic rings. The van der Waals surface area contributed by atoms with Gasteiger partial charge in [0.2, 0.25) is 23.6 Å². The largest absolute Gasteiger partial charge is 0.484 e. The van der Waals surface area contributed by atoms with E-state index in [1.807, 2.05) is 30.3 Å².